The molecule has 0 bridgehead atoms. The van der Waals surface area contributed by atoms with E-state index in [1.54, 1.807) is 0 Å². The Balaban J connectivity index is 1.96. The highest BCUT2D eigenvalue weighted by atomic mass is 32.1. The normalized spacial score (nSPS) is 20.7. The van der Waals surface area contributed by atoms with Crippen molar-refractivity contribution in [3.63, 3.8) is 0 Å². The van der Waals surface area contributed by atoms with Crippen LogP contribution in [0.2, 0.25) is 0 Å². The SMILES string of the molecule is CC(C)(C)c1csc(NC(=O)[C@H]2CCCCN2)n1. The molecule has 0 radical (unpaired) electrons. The summed E-state index contributed by atoms with van der Waals surface area (Å²) < 4.78 is 0. The number of carbonyl (C=O) groups is 1. The minimum Gasteiger partial charge on any atom is -0.306 e. The maximum Gasteiger partial charge on any atom is 0.243 e. The van der Waals surface area contributed by atoms with Crippen molar-refractivity contribution < 1.29 is 4.79 Å². The Bertz CT molecular complexity index is 416. The second-order valence-corrected chi connectivity index (χ2v) is 6.64. The van der Waals surface area contributed by atoms with Crippen molar-refractivity contribution in [1.82, 2.24) is 10.3 Å². The molecule has 1 aromatic rings. The lowest BCUT2D eigenvalue weighted by Crippen LogP contribution is -2.43. The average Bonchev–Trinajstić information content (AvgIpc) is 2.78. The van der Waals surface area contributed by atoms with Gasteiger partial charge in [-0.05, 0) is 19.4 Å². The quantitative estimate of drug-likeness (QED) is 0.865. The largest absolute Gasteiger partial charge is 0.306 e. The van der Waals surface area contributed by atoms with E-state index in [-0.39, 0.29) is 17.4 Å². The van der Waals surface area contributed by atoms with Crippen molar-refractivity contribution in [2.45, 2.75) is 51.5 Å². The molecular weight excluding hydrogens is 246 g/mol. The lowest BCUT2D eigenvalue weighted by atomic mass is 9.93. The molecule has 2 heterocycles. The fourth-order valence-corrected chi connectivity index (χ4v) is 2.88. The second-order valence-electron chi connectivity index (χ2n) is 5.78. The van der Waals surface area contributed by atoms with E-state index in [4.69, 9.17) is 0 Å². The third-order valence-corrected chi connectivity index (χ3v) is 3.89. The van der Waals surface area contributed by atoms with Gasteiger partial charge in [-0.1, -0.05) is 27.2 Å². The molecule has 1 atom stereocenters. The highest BCUT2D eigenvalue weighted by Crippen LogP contribution is 2.26. The van der Waals surface area contributed by atoms with Gasteiger partial charge in [0, 0.05) is 10.8 Å². The maximum atomic E-state index is 12.0. The topological polar surface area (TPSA) is 54.0 Å². The first-order valence-corrected chi connectivity index (χ1v) is 7.35. The van der Waals surface area contributed by atoms with Crippen molar-refractivity contribution in [3.8, 4) is 0 Å². The van der Waals surface area contributed by atoms with E-state index < -0.39 is 0 Å². The fraction of sp³-hybridized carbons (Fsp3) is 0.692. The monoisotopic (exact) mass is 267 g/mol. The Hall–Kier alpha value is -0.940. The van der Waals surface area contributed by atoms with E-state index in [0.29, 0.717) is 5.13 Å². The van der Waals surface area contributed by atoms with Gasteiger partial charge in [-0.2, -0.15) is 0 Å². The summed E-state index contributed by atoms with van der Waals surface area (Å²) in [6, 6.07) is -0.0549. The molecule has 0 spiro atoms. The van der Waals surface area contributed by atoms with Gasteiger partial charge in [0.2, 0.25) is 5.91 Å². The summed E-state index contributed by atoms with van der Waals surface area (Å²) in [6.45, 7) is 7.30. The molecule has 1 fully saturated rings. The maximum absolute atomic E-state index is 12.0. The fourth-order valence-electron chi connectivity index (χ4n) is 1.94. The van der Waals surface area contributed by atoms with Crippen LogP contribution in [0.5, 0.6) is 0 Å². The standard InChI is InChI=1S/C13H21N3OS/c1-13(2,3)10-8-18-12(15-10)16-11(17)9-6-4-5-7-14-9/h8-9,14H,4-7H2,1-3H3,(H,15,16,17)/t9-/m1/s1. The Kier molecular flexibility index (Phi) is 4.02. The van der Waals surface area contributed by atoms with E-state index >= 15 is 0 Å². The van der Waals surface area contributed by atoms with E-state index in [2.05, 4.69) is 36.4 Å². The van der Waals surface area contributed by atoms with Crippen molar-refractivity contribution in [2.75, 3.05) is 11.9 Å². The average molecular weight is 267 g/mol. The van der Waals surface area contributed by atoms with Gasteiger partial charge in [0.1, 0.15) is 0 Å². The van der Waals surface area contributed by atoms with Gasteiger partial charge >= 0.3 is 0 Å². The number of nitrogens with one attached hydrogen (secondary N) is 2. The van der Waals surface area contributed by atoms with Gasteiger partial charge in [0.05, 0.1) is 11.7 Å². The van der Waals surface area contributed by atoms with E-state index in [0.717, 1.165) is 31.5 Å². The summed E-state index contributed by atoms with van der Waals surface area (Å²) in [5.41, 5.74) is 1.06. The highest BCUT2D eigenvalue weighted by molar-refractivity contribution is 7.13. The Morgan fingerprint density at radius 1 is 1.50 bits per heavy atom. The number of carbonyl (C=O) groups excluding carboxylic acids is 1. The Labute approximate surface area is 112 Å². The lowest BCUT2D eigenvalue weighted by molar-refractivity contribution is -0.118. The van der Waals surface area contributed by atoms with Crippen LogP contribution in [-0.2, 0) is 10.2 Å². The van der Waals surface area contributed by atoms with Crippen molar-refractivity contribution >= 4 is 22.4 Å². The Morgan fingerprint density at radius 2 is 2.28 bits per heavy atom. The molecule has 2 rings (SSSR count). The van der Waals surface area contributed by atoms with Crippen LogP contribution in [0.25, 0.3) is 0 Å². The first-order valence-electron chi connectivity index (χ1n) is 6.47. The van der Waals surface area contributed by atoms with Crippen LogP contribution in [0.4, 0.5) is 5.13 Å². The summed E-state index contributed by atoms with van der Waals surface area (Å²) >= 11 is 1.50. The van der Waals surface area contributed by atoms with Gasteiger partial charge in [0.15, 0.2) is 5.13 Å². The molecular formula is C13H21N3OS. The van der Waals surface area contributed by atoms with E-state index in [9.17, 15) is 4.79 Å². The minimum absolute atomic E-state index is 0.0303. The van der Waals surface area contributed by atoms with E-state index in [1.165, 1.54) is 11.3 Å². The van der Waals surface area contributed by atoms with Gasteiger partial charge in [0.25, 0.3) is 0 Å². The predicted octanol–water partition coefficient (Wildman–Crippen LogP) is 2.52. The Morgan fingerprint density at radius 3 is 2.83 bits per heavy atom. The van der Waals surface area contributed by atoms with Crippen LogP contribution >= 0.6 is 11.3 Å². The van der Waals surface area contributed by atoms with Gasteiger partial charge in [-0.15, -0.1) is 11.3 Å². The molecule has 1 aliphatic heterocycles. The first kappa shape index (κ1) is 13.5. The molecule has 18 heavy (non-hydrogen) atoms. The number of hydrogen-bond donors (Lipinski definition) is 2. The van der Waals surface area contributed by atoms with Gasteiger partial charge in [-0.3, -0.25) is 4.79 Å². The molecule has 100 valence electrons. The zero-order valence-corrected chi connectivity index (χ0v) is 12.1. The van der Waals surface area contributed by atoms with Crippen LogP contribution in [0, 0.1) is 0 Å². The summed E-state index contributed by atoms with van der Waals surface area (Å²) in [5.74, 6) is 0.0458. The summed E-state index contributed by atoms with van der Waals surface area (Å²) in [4.78, 5) is 16.5. The summed E-state index contributed by atoms with van der Waals surface area (Å²) in [5, 5.41) is 8.87. The van der Waals surface area contributed by atoms with Crippen molar-refractivity contribution in [2.24, 2.45) is 0 Å². The minimum atomic E-state index is -0.0549. The number of thiazole rings is 1. The first-order chi connectivity index (χ1) is 8.47. The third kappa shape index (κ3) is 3.29. The molecule has 0 saturated carbocycles. The van der Waals surface area contributed by atoms with Gasteiger partial charge in [-0.25, -0.2) is 4.98 Å². The van der Waals surface area contributed by atoms with Crippen molar-refractivity contribution in [3.05, 3.63) is 11.1 Å². The third-order valence-electron chi connectivity index (χ3n) is 3.13. The molecule has 1 saturated heterocycles. The molecule has 1 aromatic heterocycles. The molecule has 4 nitrogen and oxygen atoms in total. The van der Waals surface area contributed by atoms with Crippen LogP contribution in [-0.4, -0.2) is 23.5 Å². The zero-order valence-electron chi connectivity index (χ0n) is 11.2. The number of hydrogen-bond acceptors (Lipinski definition) is 4. The van der Waals surface area contributed by atoms with E-state index in [1.807, 2.05) is 5.38 Å². The number of aromatic nitrogens is 1. The van der Waals surface area contributed by atoms with Gasteiger partial charge < -0.3 is 10.6 Å². The molecule has 1 amide bonds. The molecule has 2 N–H and O–H groups in total. The van der Waals surface area contributed by atoms with Crippen LogP contribution in [0.15, 0.2) is 5.38 Å². The number of piperidine rings is 1. The molecule has 5 heteroatoms. The zero-order chi connectivity index (χ0) is 13.2. The summed E-state index contributed by atoms with van der Waals surface area (Å²) in [6.07, 6.45) is 3.20. The number of anilines is 1. The smallest absolute Gasteiger partial charge is 0.243 e. The number of nitrogens with zero attached hydrogens (tertiary/aromatic N) is 1. The lowest BCUT2D eigenvalue weighted by Gasteiger charge is -2.21. The van der Waals surface area contributed by atoms with Crippen LogP contribution in [0.1, 0.15) is 45.7 Å². The highest BCUT2D eigenvalue weighted by Gasteiger charge is 2.22. The second kappa shape index (κ2) is 5.36. The molecule has 1 aliphatic rings. The molecule has 0 aliphatic carbocycles. The number of rotatable bonds is 2. The molecule has 0 unspecified atom stereocenters. The number of amides is 1. The summed E-state index contributed by atoms with van der Waals surface area (Å²) in [7, 11) is 0. The predicted molar refractivity (Wildman–Crippen MR) is 75.1 cm³/mol. The van der Waals surface area contributed by atoms with Crippen molar-refractivity contribution in [1.29, 1.82) is 0 Å². The molecule has 0 aromatic carbocycles. The van der Waals surface area contributed by atoms with Crippen LogP contribution in [0.3, 0.4) is 0 Å². The van der Waals surface area contributed by atoms with Crippen LogP contribution < -0.4 is 10.6 Å².